The third-order valence-electron chi connectivity index (χ3n) is 4.43. The van der Waals surface area contributed by atoms with E-state index in [0.717, 1.165) is 26.3 Å². The van der Waals surface area contributed by atoms with Crippen LogP contribution >= 0.6 is 0 Å². The Morgan fingerprint density at radius 2 is 2.17 bits per heavy atom. The fourth-order valence-corrected chi connectivity index (χ4v) is 3.22. The maximum Gasteiger partial charge on any atom is 0.0586 e. The maximum absolute atomic E-state index is 5.51. The van der Waals surface area contributed by atoms with Crippen molar-refractivity contribution in [3.05, 3.63) is 24.0 Å². The lowest BCUT2D eigenvalue weighted by Crippen LogP contribution is -2.54. The maximum atomic E-state index is 5.51. The van der Waals surface area contributed by atoms with Crippen LogP contribution in [0.1, 0.15) is 18.9 Å². The molecule has 2 N–H and O–H groups in total. The number of ether oxygens (including phenoxy) is 1. The lowest BCUT2D eigenvalue weighted by molar-refractivity contribution is -0.0746. The molecular weight excluding hydrogens is 226 g/mol. The highest BCUT2D eigenvalue weighted by atomic mass is 16.5. The van der Waals surface area contributed by atoms with Gasteiger partial charge in [-0.15, -0.1) is 0 Å². The Morgan fingerprint density at radius 3 is 2.72 bits per heavy atom. The Bertz CT molecular complexity index is 366. The van der Waals surface area contributed by atoms with E-state index in [1.54, 1.807) is 0 Å². The van der Waals surface area contributed by atoms with E-state index in [9.17, 15) is 0 Å². The van der Waals surface area contributed by atoms with Crippen molar-refractivity contribution >= 4 is 0 Å². The summed E-state index contributed by atoms with van der Waals surface area (Å²) >= 11 is 0. The van der Waals surface area contributed by atoms with Gasteiger partial charge in [-0.05, 0) is 25.0 Å². The molecule has 0 radical (unpaired) electrons. The molecule has 0 bridgehead atoms. The highest BCUT2D eigenvalue weighted by Gasteiger charge is 2.42. The summed E-state index contributed by atoms with van der Waals surface area (Å²) in [6, 6.07) is 2.83. The third kappa shape index (κ3) is 2.20. The average molecular weight is 249 g/mol. The molecule has 1 atom stereocenters. The molecule has 1 aromatic heterocycles. The zero-order valence-corrected chi connectivity index (χ0v) is 11.1. The Labute approximate surface area is 109 Å². The fraction of sp³-hybridized carbons (Fsp3) is 0.714. The predicted molar refractivity (Wildman–Crippen MR) is 71.8 cm³/mol. The molecule has 0 saturated carbocycles. The van der Waals surface area contributed by atoms with E-state index in [-0.39, 0.29) is 5.41 Å². The molecule has 2 aliphatic heterocycles. The summed E-state index contributed by atoms with van der Waals surface area (Å²) in [5, 5.41) is 3.42. The molecule has 0 aliphatic carbocycles. The van der Waals surface area contributed by atoms with Gasteiger partial charge in [0.1, 0.15) is 0 Å². The Balaban J connectivity index is 1.66. The topological polar surface area (TPSA) is 40.3 Å². The van der Waals surface area contributed by atoms with Gasteiger partial charge in [-0.1, -0.05) is 0 Å². The normalized spacial score (nSPS) is 25.6. The smallest absolute Gasteiger partial charge is 0.0586 e. The molecule has 18 heavy (non-hydrogen) atoms. The number of hydrogen-bond donors (Lipinski definition) is 2. The molecule has 4 heteroatoms. The van der Waals surface area contributed by atoms with Gasteiger partial charge in [0, 0.05) is 50.0 Å². The van der Waals surface area contributed by atoms with Gasteiger partial charge < -0.3 is 15.0 Å². The van der Waals surface area contributed by atoms with Gasteiger partial charge in [-0.3, -0.25) is 4.90 Å². The molecule has 2 aliphatic rings. The largest absolute Gasteiger partial charge is 0.379 e. The van der Waals surface area contributed by atoms with Crippen LogP contribution in [-0.4, -0.2) is 55.3 Å². The minimum absolute atomic E-state index is 0.254. The molecule has 0 spiro atoms. The molecule has 0 aromatic carbocycles. The minimum Gasteiger partial charge on any atom is -0.379 e. The molecule has 100 valence electrons. The van der Waals surface area contributed by atoms with Crippen LogP contribution in [0, 0.1) is 0 Å². The Hall–Kier alpha value is -0.840. The summed E-state index contributed by atoms with van der Waals surface area (Å²) in [5.74, 6) is 0. The Kier molecular flexibility index (Phi) is 3.41. The summed E-state index contributed by atoms with van der Waals surface area (Å²) in [7, 11) is 0. The number of rotatable bonds is 4. The van der Waals surface area contributed by atoms with E-state index in [4.69, 9.17) is 4.74 Å². The van der Waals surface area contributed by atoms with E-state index >= 15 is 0 Å². The monoisotopic (exact) mass is 249 g/mol. The van der Waals surface area contributed by atoms with E-state index in [2.05, 4.69) is 34.4 Å². The molecule has 3 rings (SSSR count). The van der Waals surface area contributed by atoms with Crippen molar-refractivity contribution in [3.63, 3.8) is 0 Å². The first-order valence-corrected chi connectivity index (χ1v) is 6.96. The van der Waals surface area contributed by atoms with Crippen LogP contribution in [0.25, 0.3) is 0 Å². The second-order valence-electron chi connectivity index (χ2n) is 5.71. The van der Waals surface area contributed by atoms with Gasteiger partial charge in [-0.25, -0.2) is 0 Å². The lowest BCUT2D eigenvalue weighted by atomic mass is 9.75. The number of aromatic nitrogens is 1. The predicted octanol–water partition coefficient (Wildman–Crippen LogP) is 0.966. The zero-order chi connectivity index (χ0) is 12.4. The quantitative estimate of drug-likeness (QED) is 0.835. The van der Waals surface area contributed by atoms with Gasteiger partial charge in [-0.2, -0.15) is 0 Å². The van der Waals surface area contributed by atoms with Crippen LogP contribution in [0.3, 0.4) is 0 Å². The van der Waals surface area contributed by atoms with Crippen LogP contribution in [0.5, 0.6) is 0 Å². The van der Waals surface area contributed by atoms with Gasteiger partial charge >= 0.3 is 0 Å². The number of hydrogen-bond acceptors (Lipinski definition) is 3. The molecule has 0 amide bonds. The summed E-state index contributed by atoms with van der Waals surface area (Å²) in [6.45, 7) is 8.70. The van der Waals surface area contributed by atoms with E-state index in [0.29, 0.717) is 6.04 Å². The minimum atomic E-state index is 0.254. The second-order valence-corrected chi connectivity index (χ2v) is 5.71. The fourth-order valence-electron chi connectivity index (χ4n) is 3.22. The number of piperazine rings is 1. The highest BCUT2D eigenvalue weighted by Crippen LogP contribution is 2.37. The Morgan fingerprint density at radius 1 is 1.39 bits per heavy atom. The number of nitrogens with zero attached hydrogens (tertiary/aromatic N) is 1. The summed E-state index contributed by atoms with van der Waals surface area (Å²) < 4.78 is 5.51. The number of nitrogens with one attached hydrogen (secondary N) is 2. The average Bonchev–Trinajstić information content (AvgIpc) is 2.88. The molecule has 4 nitrogen and oxygen atoms in total. The van der Waals surface area contributed by atoms with Crippen molar-refractivity contribution in [2.24, 2.45) is 0 Å². The summed E-state index contributed by atoms with van der Waals surface area (Å²) in [4.78, 5) is 5.78. The molecule has 1 unspecified atom stereocenters. The van der Waals surface area contributed by atoms with E-state index in [1.165, 1.54) is 25.1 Å². The first kappa shape index (κ1) is 12.2. The second kappa shape index (κ2) is 5.03. The van der Waals surface area contributed by atoms with E-state index in [1.807, 2.05) is 6.20 Å². The molecular formula is C14H23N3O. The SMILES string of the molecule is CC(CC1(c2cc[nH]c2)COC1)N1CCNCC1. The summed E-state index contributed by atoms with van der Waals surface area (Å²) in [6.07, 6.45) is 5.35. The van der Waals surface area contributed by atoms with Crippen molar-refractivity contribution in [1.29, 1.82) is 0 Å². The van der Waals surface area contributed by atoms with Crippen molar-refractivity contribution < 1.29 is 4.74 Å². The van der Waals surface area contributed by atoms with Crippen LogP contribution in [0.15, 0.2) is 18.5 Å². The van der Waals surface area contributed by atoms with Gasteiger partial charge in [0.2, 0.25) is 0 Å². The van der Waals surface area contributed by atoms with Gasteiger partial charge in [0.15, 0.2) is 0 Å². The van der Waals surface area contributed by atoms with Crippen LogP contribution in [0.2, 0.25) is 0 Å². The molecule has 1 aromatic rings. The van der Waals surface area contributed by atoms with Gasteiger partial charge in [0.05, 0.1) is 13.2 Å². The molecule has 2 fully saturated rings. The number of aromatic amines is 1. The molecule has 3 heterocycles. The first-order valence-electron chi connectivity index (χ1n) is 6.96. The standard InChI is InChI=1S/C14H23N3O/c1-12(17-6-4-15-5-7-17)8-14(10-18-11-14)13-2-3-16-9-13/h2-3,9,12,15-16H,4-8,10-11H2,1H3. The van der Waals surface area contributed by atoms with Gasteiger partial charge in [0.25, 0.3) is 0 Å². The third-order valence-corrected chi connectivity index (χ3v) is 4.43. The zero-order valence-electron chi connectivity index (χ0n) is 11.1. The van der Waals surface area contributed by atoms with Crippen LogP contribution in [-0.2, 0) is 10.2 Å². The van der Waals surface area contributed by atoms with E-state index < -0.39 is 0 Å². The number of H-pyrrole nitrogens is 1. The lowest BCUT2D eigenvalue weighted by Gasteiger charge is -2.45. The van der Waals surface area contributed by atoms with Crippen LogP contribution < -0.4 is 5.32 Å². The first-order chi connectivity index (χ1) is 8.80. The van der Waals surface area contributed by atoms with Crippen molar-refractivity contribution in [3.8, 4) is 0 Å². The highest BCUT2D eigenvalue weighted by molar-refractivity contribution is 5.25. The van der Waals surface area contributed by atoms with Crippen molar-refractivity contribution in [1.82, 2.24) is 15.2 Å². The van der Waals surface area contributed by atoms with Crippen molar-refractivity contribution in [2.45, 2.75) is 24.8 Å². The van der Waals surface area contributed by atoms with Crippen molar-refractivity contribution in [2.75, 3.05) is 39.4 Å². The molecule has 2 saturated heterocycles. The summed E-state index contributed by atoms with van der Waals surface area (Å²) in [5.41, 5.74) is 1.67. The van der Waals surface area contributed by atoms with Crippen LogP contribution in [0.4, 0.5) is 0 Å².